The summed E-state index contributed by atoms with van der Waals surface area (Å²) in [5, 5.41) is 0. The van der Waals surface area contributed by atoms with Gasteiger partial charge >= 0.3 is 0 Å². The van der Waals surface area contributed by atoms with Crippen molar-refractivity contribution in [2.75, 3.05) is 20.8 Å². The van der Waals surface area contributed by atoms with Crippen LogP contribution in [0.3, 0.4) is 0 Å². The third-order valence-electron chi connectivity index (χ3n) is 4.40. The molecule has 1 atom stereocenters. The second-order valence-electron chi connectivity index (χ2n) is 5.85. The minimum absolute atomic E-state index is 0.205. The van der Waals surface area contributed by atoms with Gasteiger partial charge in [0, 0.05) is 11.0 Å². The predicted octanol–water partition coefficient (Wildman–Crippen LogP) is 3.99. The zero-order valence-corrected chi connectivity index (χ0v) is 16.5. The summed E-state index contributed by atoms with van der Waals surface area (Å²) in [6, 6.07) is 12.2. The maximum absolute atomic E-state index is 13.1. The minimum atomic E-state index is -3.56. The molecule has 1 heterocycles. The molecule has 3 rings (SSSR count). The van der Waals surface area contributed by atoms with E-state index in [1.807, 2.05) is 24.3 Å². The molecule has 134 valence electrons. The highest BCUT2D eigenvalue weighted by atomic mass is 79.9. The average molecular weight is 426 g/mol. The van der Waals surface area contributed by atoms with Crippen LogP contribution in [0.1, 0.15) is 24.4 Å². The Kier molecular flexibility index (Phi) is 5.36. The van der Waals surface area contributed by atoms with E-state index in [0.29, 0.717) is 22.9 Å². The van der Waals surface area contributed by atoms with E-state index >= 15 is 0 Å². The van der Waals surface area contributed by atoms with Gasteiger partial charge in [0.1, 0.15) is 0 Å². The van der Waals surface area contributed by atoms with Gasteiger partial charge in [-0.25, -0.2) is 8.42 Å². The molecule has 0 saturated carbocycles. The first-order valence-corrected chi connectivity index (χ1v) is 10.2. The molecule has 0 spiro atoms. The normalized spacial score (nSPS) is 18.3. The van der Waals surface area contributed by atoms with Crippen molar-refractivity contribution in [3.8, 4) is 11.5 Å². The molecule has 1 unspecified atom stereocenters. The number of nitrogens with zero attached hydrogens (tertiary/aromatic N) is 1. The SMILES string of the molecule is COc1ccc(C2CCCN2S(=O)(=O)c2cccc(Br)c2)cc1OC. The van der Waals surface area contributed by atoms with E-state index in [9.17, 15) is 8.42 Å². The highest BCUT2D eigenvalue weighted by Gasteiger charge is 2.36. The highest BCUT2D eigenvalue weighted by molar-refractivity contribution is 9.10. The van der Waals surface area contributed by atoms with Crippen molar-refractivity contribution in [2.24, 2.45) is 0 Å². The Labute approximate surface area is 156 Å². The lowest BCUT2D eigenvalue weighted by atomic mass is 10.0. The van der Waals surface area contributed by atoms with Crippen LogP contribution in [0.25, 0.3) is 0 Å². The van der Waals surface area contributed by atoms with Gasteiger partial charge in [-0.15, -0.1) is 0 Å². The Balaban J connectivity index is 1.98. The zero-order chi connectivity index (χ0) is 18.0. The van der Waals surface area contributed by atoms with Crippen molar-refractivity contribution in [1.29, 1.82) is 0 Å². The van der Waals surface area contributed by atoms with E-state index < -0.39 is 10.0 Å². The van der Waals surface area contributed by atoms with Gasteiger partial charge in [-0.05, 0) is 48.7 Å². The molecule has 0 bridgehead atoms. The Morgan fingerprint density at radius 1 is 1.08 bits per heavy atom. The van der Waals surface area contributed by atoms with Crippen molar-refractivity contribution >= 4 is 26.0 Å². The van der Waals surface area contributed by atoms with Crippen LogP contribution in [0.4, 0.5) is 0 Å². The van der Waals surface area contributed by atoms with Crippen molar-refractivity contribution in [3.05, 3.63) is 52.5 Å². The molecule has 1 fully saturated rings. The number of hydrogen-bond donors (Lipinski definition) is 0. The first-order chi connectivity index (χ1) is 12.0. The lowest BCUT2D eigenvalue weighted by Gasteiger charge is -2.25. The van der Waals surface area contributed by atoms with Gasteiger partial charge in [0.25, 0.3) is 0 Å². The van der Waals surface area contributed by atoms with Crippen LogP contribution in [0.5, 0.6) is 11.5 Å². The smallest absolute Gasteiger partial charge is 0.243 e. The van der Waals surface area contributed by atoms with Crippen LogP contribution in [-0.2, 0) is 10.0 Å². The summed E-state index contributed by atoms with van der Waals surface area (Å²) < 4.78 is 39.1. The molecule has 2 aromatic carbocycles. The molecule has 0 N–H and O–H groups in total. The first kappa shape index (κ1) is 18.2. The van der Waals surface area contributed by atoms with Crippen molar-refractivity contribution in [1.82, 2.24) is 4.31 Å². The van der Waals surface area contributed by atoms with Gasteiger partial charge in [0.05, 0.1) is 25.2 Å². The van der Waals surface area contributed by atoms with Gasteiger partial charge < -0.3 is 9.47 Å². The van der Waals surface area contributed by atoms with Crippen LogP contribution in [0.2, 0.25) is 0 Å². The van der Waals surface area contributed by atoms with Crippen LogP contribution in [0.15, 0.2) is 51.8 Å². The third kappa shape index (κ3) is 3.54. The van der Waals surface area contributed by atoms with Crippen LogP contribution < -0.4 is 9.47 Å². The van der Waals surface area contributed by atoms with Gasteiger partial charge in [-0.3, -0.25) is 0 Å². The molecule has 0 radical (unpaired) electrons. The van der Waals surface area contributed by atoms with E-state index in [-0.39, 0.29) is 6.04 Å². The summed E-state index contributed by atoms with van der Waals surface area (Å²) in [6.07, 6.45) is 1.61. The number of benzene rings is 2. The Morgan fingerprint density at radius 2 is 1.84 bits per heavy atom. The lowest BCUT2D eigenvalue weighted by molar-refractivity contribution is 0.351. The molecule has 7 heteroatoms. The fourth-order valence-corrected chi connectivity index (χ4v) is 5.46. The molecule has 0 aromatic heterocycles. The number of halogens is 1. The first-order valence-electron chi connectivity index (χ1n) is 7.96. The Hall–Kier alpha value is -1.57. The van der Waals surface area contributed by atoms with Gasteiger partial charge in [-0.1, -0.05) is 28.1 Å². The summed E-state index contributed by atoms with van der Waals surface area (Å²) in [6.45, 7) is 0.508. The summed E-state index contributed by atoms with van der Waals surface area (Å²) in [5.41, 5.74) is 0.911. The maximum atomic E-state index is 13.1. The Bertz CT molecular complexity index is 869. The topological polar surface area (TPSA) is 55.8 Å². The zero-order valence-electron chi connectivity index (χ0n) is 14.1. The molecule has 1 saturated heterocycles. The van der Waals surface area contributed by atoms with E-state index in [1.165, 1.54) is 0 Å². The molecule has 0 amide bonds. The second-order valence-corrected chi connectivity index (χ2v) is 8.65. The summed E-state index contributed by atoms with van der Waals surface area (Å²) >= 11 is 3.34. The molecular formula is C18H20BrNO4S. The standard InChI is InChI=1S/C18H20BrNO4S/c1-23-17-9-8-13(11-18(17)24-2)16-7-4-10-20(16)25(21,22)15-6-3-5-14(19)12-15/h3,5-6,8-9,11-12,16H,4,7,10H2,1-2H3. The van der Waals surface area contributed by atoms with Crippen molar-refractivity contribution < 1.29 is 17.9 Å². The monoisotopic (exact) mass is 425 g/mol. The van der Waals surface area contributed by atoms with E-state index in [0.717, 1.165) is 22.9 Å². The average Bonchev–Trinajstić information content (AvgIpc) is 3.11. The Morgan fingerprint density at radius 3 is 2.52 bits per heavy atom. The summed E-state index contributed by atoms with van der Waals surface area (Å²) in [7, 11) is -0.406. The number of rotatable bonds is 5. The quantitative estimate of drug-likeness (QED) is 0.726. The van der Waals surface area contributed by atoms with Gasteiger partial charge in [0.2, 0.25) is 10.0 Å². The largest absolute Gasteiger partial charge is 0.493 e. The van der Waals surface area contributed by atoms with Crippen LogP contribution >= 0.6 is 15.9 Å². The fraction of sp³-hybridized carbons (Fsp3) is 0.333. The van der Waals surface area contributed by atoms with E-state index in [4.69, 9.17) is 9.47 Å². The fourth-order valence-electron chi connectivity index (χ4n) is 3.18. The molecule has 1 aliphatic rings. The minimum Gasteiger partial charge on any atom is -0.493 e. The van der Waals surface area contributed by atoms with Crippen molar-refractivity contribution in [3.63, 3.8) is 0 Å². The highest BCUT2D eigenvalue weighted by Crippen LogP contribution is 2.39. The summed E-state index contributed by atoms with van der Waals surface area (Å²) in [4.78, 5) is 0.300. The molecule has 25 heavy (non-hydrogen) atoms. The summed E-state index contributed by atoms with van der Waals surface area (Å²) in [5.74, 6) is 1.23. The molecule has 1 aliphatic heterocycles. The number of ether oxygens (including phenoxy) is 2. The third-order valence-corrected chi connectivity index (χ3v) is 6.80. The second kappa shape index (κ2) is 7.35. The molecular weight excluding hydrogens is 406 g/mol. The maximum Gasteiger partial charge on any atom is 0.243 e. The van der Waals surface area contributed by atoms with Crippen molar-refractivity contribution in [2.45, 2.75) is 23.8 Å². The number of sulfonamides is 1. The molecule has 2 aromatic rings. The molecule has 5 nitrogen and oxygen atoms in total. The molecule has 0 aliphatic carbocycles. The predicted molar refractivity (Wildman–Crippen MR) is 99.6 cm³/mol. The van der Waals surface area contributed by atoms with Crippen LogP contribution in [-0.4, -0.2) is 33.5 Å². The lowest BCUT2D eigenvalue weighted by Crippen LogP contribution is -2.30. The number of methoxy groups -OCH3 is 2. The number of hydrogen-bond acceptors (Lipinski definition) is 4. The van der Waals surface area contributed by atoms with Gasteiger partial charge in [-0.2, -0.15) is 4.31 Å². The van der Waals surface area contributed by atoms with E-state index in [2.05, 4.69) is 15.9 Å². The van der Waals surface area contributed by atoms with Crippen LogP contribution in [0, 0.1) is 0 Å². The van der Waals surface area contributed by atoms with Gasteiger partial charge in [0.15, 0.2) is 11.5 Å². The van der Waals surface area contributed by atoms with E-state index in [1.54, 1.807) is 36.7 Å².